The van der Waals surface area contributed by atoms with Crippen LogP contribution in [-0.2, 0) is 11.3 Å². The smallest absolute Gasteiger partial charge is 0.337 e. The minimum atomic E-state index is -0.988. The van der Waals surface area contributed by atoms with E-state index in [9.17, 15) is 14.7 Å². The highest BCUT2D eigenvalue weighted by Gasteiger charge is 2.18. The van der Waals surface area contributed by atoms with Crippen LogP contribution in [0.15, 0.2) is 18.2 Å². The van der Waals surface area contributed by atoms with Crippen molar-refractivity contribution in [1.29, 1.82) is 0 Å². The van der Waals surface area contributed by atoms with Gasteiger partial charge in [-0.3, -0.25) is 4.79 Å². The van der Waals surface area contributed by atoms with Gasteiger partial charge in [0.25, 0.3) is 0 Å². The van der Waals surface area contributed by atoms with Crippen molar-refractivity contribution in [1.82, 2.24) is 9.55 Å². The van der Waals surface area contributed by atoms with Crippen molar-refractivity contribution in [3.8, 4) is 0 Å². The summed E-state index contributed by atoms with van der Waals surface area (Å²) in [7, 11) is 0. The predicted octanol–water partition coefficient (Wildman–Crippen LogP) is 2.12. The fourth-order valence-electron chi connectivity index (χ4n) is 2.42. The van der Waals surface area contributed by atoms with Crippen LogP contribution in [0.4, 0.5) is 0 Å². The van der Waals surface area contributed by atoms with Crippen molar-refractivity contribution in [2.24, 2.45) is 5.73 Å². The largest absolute Gasteiger partial charge is 0.478 e. The van der Waals surface area contributed by atoms with Gasteiger partial charge in [-0.2, -0.15) is 0 Å². The molecule has 6 heteroatoms. The van der Waals surface area contributed by atoms with E-state index in [2.05, 4.69) is 4.98 Å². The van der Waals surface area contributed by atoms with Gasteiger partial charge in [0.1, 0.15) is 11.3 Å². The van der Waals surface area contributed by atoms with E-state index in [4.69, 9.17) is 5.73 Å². The highest BCUT2D eigenvalue weighted by molar-refractivity contribution is 6.01. The number of benzene rings is 1. The first-order valence-corrected chi connectivity index (χ1v) is 6.92. The number of aromatic carboxylic acids is 1. The standard InChI is InChI=1S/C15H19N3O3/c1-9(2)14-17-13-10(15(20)21)5-3-6-11(13)18(14)8-4-7-12(16)19/h3,5-6,9H,4,7-8H2,1-2H3,(H2,16,19)(H,20,21). The summed E-state index contributed by atoms with van der Waals surface area (Å²) in [5.41, 5.74) is 6.64. The molecule has 0 atom stereocenters. The highest BCUT2D eigenvalue weighted by atomic mass is 16.4. The number of carbonyl (C=O) groups is 2. The topological polar surface area (TPSA) is 98.2 Å². The Morgan fingerprint density at radius 3 is 2.67 bits per heavy atom. The van der Waals surface area contributed by atoms with Gasteiger partial charge in [0.15, 0.2) is 0 Å². The van der Waals surface area contributed by atoms with Crippen molar-refractivity contribution >= 4 is 22.9 Å². The Morgan fingerprint density at radius 1 is 1.38 bits per heavy atom. The molecular formula is C15H19N3O3. The molecule has 0 spiro atoms. The maximum Gasteiger partial charge on any atom is 0.337 e. The van der Waals surface area contributed by atoms with Gasteiger partial charge in [-0.25, -0.2) is 9.78 Å². The molecule has 3 N–H and O–H groups in total. The number of amides is 1. The molecule has 0 saturated carbocycles. The number of fused-ring (bicyclic) bond motifs is 1. The van der Waals surface area contributed by atoms with Crippen molar-refractivity contribution in [3.05, 3.63) is 29.6 Å². The van der Waals surface area contributed by atoms with Crippen molar-refractivity contribution < 1.29 is 14.7 Å². The molecule has 0 aliphatic carbocycles. The van der Waals surface area contributed by atoms with E-state index in [0.29, 0.717) is 24.9 Å². The molecule has 0 saturated heterocycles. The zero-order chi connectivity index (χ0) is 15.6. The predicted molar refractivity (Wildman–Crippen MR) is 79.2 cm³/mol. The molecule has 2 aromatic rings. The molecule has 0 aliphatic rings. The number of aromatic nitrogens is 2. The summed E-state index contributed by atoms with van der Waals surface area (Å²) < 4.78 is 1.98. The number of nitrogens with two attached hydrogens (primary N) is 1. The van der Waals surface area contributed by atoms with Crippen LogP contribution in [0.25, 0.3) is 11.0 Å². The van der Waals surface area contributed by atoms with Crippen LogP contribution in [-0.4, -0.2) is 26.5 Å². The van der Waals surface area contributed by atoms with E-state index >= 15 is 0 Å². The van der Waals surface area contributed by atoms with Gasteiger partial charge < -0.3 is 15.4 Å². The van der Waals surface area contributed by atoms with E-state index in [1.165, 1.54) is 0 Å². The van der Waals surface area contributed by atoms with Crippen LogP contribution >= 0.6 is 0 Å². The Kier molecular flexibility index (Phi) is 4.26. The number of para-hydroxylation sites is 1. The second-order valence-corrected chi connectivity index (χ2v) is 5.32. The molecule has 1 aromatic heterocycles. The number of imidazole rings is 1. The lowest BCUT2D eigenvalue weighted by Crippen LogP contribution is -2.12. The molecule has 0 radical (unpaired) electrons. The molecule has 6 nitrogen and oxygen atoms in total. The summed E-state index contributed by atoms with van der Waals surface area (Å²) in [6.45, 7) is 4.61. The number of hydrogen-bond acceptors (Lipinski definition) is 3. The first-order chi connectivity index (χ1) is 9.91. The third kappa shape index (κ3) is 3.04. The van der Waals surface area contributed by atoms with Gasteiger partial charge in [0, 0.05) is 18.9 Å². The molecule has 0 aliphatic heterocycles. The normalized spacial score (nSPS) is 11.2. The number of carboxylic acids is 1. The molecule has 0 unspecified atom stereocenters. The number of rotatable bonds is 6. The molecule has 0 fully saturated rings. The van der Waals surface area contributed by atoms with Crippen LogP contribution in [0, 0.1) is 0 Å². The number of nitrogens with zero attached hydrogens (tertiary/aromatic N) is 2. The number of hydrogen-bond donors (Lipinski definition) is 2. The fraction of sp³-hybridized carbons (Fsp3) is 0.400. The van der Waals surface area contributed by atoms with Gasteiger partial charge in [-0.1, -0.05) is 19.9 Å². The van der Waals surface area contributed by atoms with Crippen LogP contribution in [0.3, 0.4) is 0 Å². The van der Waals surface area contributed by atoms with Crippen molar-refractivity contribution in [3.63, 3.8) is 0 Å². The van der Waals surface area contributed by atoms with Gasteiger partial charge in [0.05, 0.1) is 11.1 Å². The Morgan fingerprint density at radius 2 is 2.10 bits per heavy atom. The average molecular weight is 289 g/mol. The van der Waals surface area contributed by atoms with Gasteiger partial charge >= 0.3 is 5.97 Å². The third-order valence-electron chi connectivity index (χ3n) is 3.36. The van der Waals surface area contributed by atoms with E-state index in [0.717, 1.165) is 11.3 Å². The molecule has 1 heterocycles. The zero-order valence-corrected chi connectivity index (χ0v) is 12.2. The maximum atomic E-state index is 11.3. The van der Waals surface area contributed by atoms with Crippen LogP contribution in [0.1, 0.15) is 48.8 Å². The minimum absolute atomic E-state index is 0.160. The first-order valence-electron chi connectivity index (χ1n) is 6.92. The van der Waals surface area contributed by atoms with Gasteiger partial charge in [0.2, 0.25) is 5.91 Å². The summed E-state index contributed by atoms with van der Waals surface area (Å²) in [6.07, 6.45) is 0.910. The minimum Gasteiger partial charge on any atom is -0.478 e. The van der Waals surface area contributed by atoms with E-state index in [-0.39, 0.29) is 17.4 Å². The van der Waals surface area contributed by atoms with E-state index in [1.807, 2.05) is 24.5 Å². The second-order valence-electron chi connectivity index (χ2n) is 5.32. The molecule has 0 bridgehead atoms. The first kappa shape index (κ1) is 15.0. The summed E-state index contributed by atoms with van der Waals surface area (Å²) >= 11 is 0. The van der Waals surface area contributed by atoms with E-state index in [1.54, 1.807) is 12.1 Å². The highest BCUT2D eigenvalue weighted by Crippen LogP contribution is 2.25. The van der Waals surface area contributed by atoms with Crippen molar-refractivity contribution in [2.75, 3.05) is 0 Å². The molecule has 21 heavy (non-hydrogen) atoms. The SMILES string of the molecule is CC(C)c1nc2c(C(=O)O)cccc2n1CCCC(N)=O. The lowest BCUT2D eigenvalue weighted by atomic mass is 10.2. The maximum absolute atomic E-state index is 11.3. The average Bonchev–Trinajstić information content (AvgIpc) is 2.77. The fourth-order valence-corrected chi connectivity index (χ4v) is 2.42. The van der Waals surface area contributed by atoms with Crippen molar-refractivity contribution in [2.45, 2.75) is 39.2 Å². The third-order valence-corrected chi connectivity index (χ3v) is 3.36. The zero-order valence-electron chi connectivity index (χ0n) is 12.2. The van der Waals surface area contributed by atoms with Crippen LogP contribution < -0.4 is 5.73 Å². The Labute approximate surface area is 122 Å². The lowest BCUT2D eigenvalue weighted by molar-refractivity contribution is -0.118. The summed E-state index contributed by atoms with van der Waals surface area (Å²) in [6, 6.07) is 5.11. The molecular weight excluding hydrogens is 270 g/mol. The molecule has 1 amide bonds. The Balaban J connectivity index is 2.50. The number of primary amides is 1. The van der Waals surface area contributed by atoms with E-state index < -0.39 is 5.97 Å². The quantitative estimate of drug-likeness (QED) is 0.851. The molecule has 2 rings (SSSR count). The Bertz CT molecular complexity index is 689. The van der Waals surface area contributed by atoms with Crippen LogP contribution in [0.2, 0.25) is 0 Å². The molecule has 112 valence electrons. The summed E-state index contributed by atoms with van der Waals surface area (Å²) in [4.78, 5) is 26.7. The lowest BCUT2D eigenvalue weighted by Gasteiger charge is -2.10. The second kappa shape index (κ2) is 5.95. The summed E-state index contributed by atoms with van der Waals surface area (Å²) in [5.74, 6) is -0.342. The number of aryl methyl sites for hydroxylation is 1. The monoisotopic (exact) mass is 289 g/mol. The summed E-state index contributed by atoms with van der Waals surface area (Å²) in [5, 5.41) is 9.26. The Hall–Kier alpha value is -2.37. The van der Waals surface area contributed by atoms with Crippen LogP contribution in [0.5, 0.6) is 0 Å². The molecule has 1 aromatic carbocycles. The van der Waals surface area contributed by atoms with Gasteiger partial charge in [-0.15, -0.1) is 0 Å². The number of carboxylic acid groups (broad SMARTS) is 1. The number of carbonyl (C=O) groups excluding carboxylic acids is 1. The van der Waals surface area contributed by atoms with Gasteiger partial charge in [-0.05, 0) is 18.6 Å².